The number of halogens is 1. The number of rotatable bonds is 8. The Morgan fingerprint density at radius 1 is 1.16 bits per heavy atom. The number of aromatic nitrogens is 3. The summed E-state index contributed by atoms with van der Waals surface area (Å²) < 4.78 is 12.8. The molecule has 6 nitrogen and oxygen atoms in total. The van der Waals surface area contributed by atoms with Crippen molar-refractivity contribution < 1.29 is 13.9 Å². The molecule has 0 bridgehead atoms. The molecule has 2 aromatic heterocycles. The number of ketones is 1. The van der Waals surface area contributed by atoms with Crippen LogP contribution in [-0.4, -0.2) is 32.9 Å². The number of hydrogen-bond donors (Lipinski definition) is 0. The van der Waals surface area contributed by atoms with Gasteiger partial charge in [-0.2, -0.15) is 0 Å². The van der Waals surface area contributed by atoms with Crippen LogP contribution in [0.3, 0.4) is 0 Å². The molecule has 4 aromatic rings. The Labute approximate surface area is 189 Å². The molecule has 0 aliphatic carbocycles. The van der Waals surface area contributed by atoms with E-state index >= 15 is 0 Å². The molecule has 4 rings (SSSR count). The van der Waals surface area contributed by atoms with Crippen molar-refractivity contribution in [2.24, 2.45) is 0 Å². The lowest BCUT2D eigenvalue weighted by molar-refractivity contribution is 0.0994. The van der Waals surface area contributed by atoms with Gasteiger partial charge in [-0.1, -0.05) is 47.6 Å². The summed E-state index contributed by atoms with van der Waals surface area (Å²) >= 11 is 7.40. The minimum Gasteiger partial charge on any atom is -0.497 e. The summed E-state index contributed by atoms with van der Waals surface area (Å²) in [6.45, 7) is 2.29. The second-order valence-corrected chi connectivity index (χ2v) is 8.58. The topological polar surface area (TPSA) is 70.2 Å². The molecule has 0 radical (unpaired) electrons. The number of hydrogen-bond acceptors (Lipinski definition) is 6. The summed E-state index contributed by atoms with van der Waals surface area (Å²) in [5.74, 6) is 2.13. The van der Waals surface area contributed by atoms with Gasteiger partial charge in [0.15, 0.2) is 16.8 Å². The van der Waals surface area contributed by atoms with Gasteiger partial charge in [0.05, 0.1) is 25.2 Å². The van der Waals surface area contributed by atoms with Crippen LogP contribution in [0.15, 0.2) is 76.5 Å². The van der Waals surface area contributed by atoms with Crippen LogP contribution in [0.5, 0.6) is 5.75 Å². The highest BCUT2D eigenvalue weighted by Crippen LogP contribution is 2.30. The van der Waals surface area contributed by atoms with E-state index in [2.05, 4.69) is 10.2 Å². The fourth-order valence-corrected chi connectivity index (χ4v) is 4.26. The average molecular weight is 454 g/mol. The predicted octanol–water partition coefficient (Wildman–Crippen LogP) is 5.61. The number of carbonyl (C=O) groups excluding carboxylic acids is 1. The van der Waals surface area contributed by atoms with Crippen LogP contribution in [-0.2, 0) is 6.54 Å². The summed E-state index contributed by atoms with van der Waals surface area (Å²) in [4.78, 5) is 12.9. The van der Waals surface area contributed by atoms with Crippen molar-refractivity contribution in [3.05, 3.63) is 83.3 Å². The molecule has 0 fully saturated rings. The van der Waals surface area contributed by atoms with E-state index in [9.17, 15) is 4.79 Å². The molecular weight excluding hydrogens is 434 g/mol. The van der Waals surface area contributed by atoms with E-state index in [1.54, 1.807) is 37.6 Å². The Morgan fingerprint density at radius 3 is 2.74 bits per heavy atom. The summed E-state index contributed by atoms with van der Waals surface area (Å²) in [6.07, 6.45) is 1.63. The quantitative estimate of drug-likeness (QED) is 0.255. The van der Waals surface area contributed by atoms with Crippen molar-refractivity contribution in [3.8, 4) is 17.1 Å². The van der Waals surface area contributed by atoms with E-state index in [0.717, 1.165) is 17.1 Å². The van der Waals surface area contributed by atoms with Gasteiger partial charge in [-0.25, -0.2) is 0 Å². The number of furan rings is 1. The number of nitrogens with zero attached hydrogens (tertiary/aromatic N) is 3. The maximum absolute atomic E-state index is 12.9. The number of thioether (sulfide) groups is 1. The smallest absolute Gasteiger partial charge is 0.192 e. The van der Waals surface area contributed by atoms with Crippen LogP contribution < -0.4 is 4.74 Å². The highest BCUT2D eigenvalue weighted by molar-refractivity contribution is 8.00. The zero-order valence-corrected chi connectivity index (χ0v) is 18.6. The number of methoxy groups -OCH3 is 1. The maximum Gasteiger partial charge on any atom is 0.192 e. The Bertz CT molecular complexity index is 1190. The molecule has 0 saturated heterocycles. The lowest BCUT2D eigenvalue weighted by Crippen LogP contribution is -2.15. The average Bonchev–Trinajstić information content (AvgIpc) is 3.44. The van der Waals surface area contributed by atoms with E-state index in [4.69, 9.17) is 20.8 Å². The maximum atomic E-state index is 12.9. The SMILES string of the molecule is COc1cccc(-c2nnc(SC(C)C(=O)c3cccc(Cl)c3)n2Cc2ccco2)c1. The van der Waals surface area contributed by atoms with Crippen LogP contribution >= 0.6 is 23.4 Å². The van der Waals surface area contributed by atoms with Gasteiger partial charge in [-0.05, 0) is 43.3 Å². The van der Waals surface area contributed by atoms with Gasteiger partial charge in [0.1, 0.15) is 11.5 Å². The fourth-order valence-electron chi connectivity index (χ4n) is 3.14. The molecule has 0 amide bonds. The van der Waals surface area contributed by atoms with E-state index in [1.165, 1.54) is 11.8 Å². The van der Waals surface area contributed by atoms with Crippen LogP contribution in [0.2, 0.25) is 5.02 Å². The second kappa shape index (κ2) is 9.41. The Balaban J connectivity index is 1.66. The first-order valence-corrected chi connectivity index (χ1v) is 10.9. The highest BCUT2D eigenvalue weighted by Gasteiger charge is 2.23. The summed E-state index contributed by atoms with van der Waals surface area (Å²) in [5.41, 5.74) is 1.43. The van der Waals surface area contributed by atoms with Crippen molar-refractivity contribution in [1.82, 2.24) is 14.8 Å². The monoisotopic (exact) mass is 453 g/mol. The predicted molar refractivity (Wildman–Crippen MR) is 121 cm³/mol. The third-order valence-corrected chi connectivity index (χ3v) is 6.01. The standard InChI is InChI=1S/C23H20ClN3O3S/c1-15(21(28)16-6-3-8-18(24)12-16)31-23-26-25-22(17-7-4-9-19(13-17)29-2)27(23)14-20-10-5-11-30-20/h3-13,15H,14H2,1-2H3. The van der Waals surface area contributed by atoms with Crippen molar-refractivity contribution in [2.75, 3.05) is 7.11 Å². The molecule has 1 atom stereocenters. The molecule has 0 spiro atoms. The van der Waals surface area contributed by atoms with Crippen molar-refractivity contribution >= 4 is 29.1 Å². The van der Waals surface area contributed by atoms with Gasteiger partial charge in [-0.3, -0.25) is 9.36 Å². The van der Waals surface area contributed by atoms with Gasteiger partial charge >= 0.3 is 0 Å². The minimum absolute atomic E-state index is 0.0250. The molecule has 0 saturated carbocycles. The van der Waals surface area contributed by atoms with E-state index in [0.29, 0.717) is 28.1 Å². The number of carbonyl (C=O) groups is 1. The van der Waals surface area contributed by atoms with Crippen molar-refractivity contribution in [1.29, 1.82) is 0 Å². The van der Waals surface area contributed by atoms with Crippen LogP contribution in [0, 0.1) is 0 Å². The molecule has 158 valence electrons. The molecular formula is C23H20ClN3O3S. The molecule has 0 aliphatic rings. The van der Waals surface area contributed by atoms with Gasteiger partial charge < -0.3 is 9.15 Å². The molecule has 31 heavy (non-hydrogen) atoms. The lowest BCUT2D eigenvalue weighted by Gasteiger charge is -2.13. The molecule has 2 heterocycles. The van der Waals surface area contributed by atoms with Gasteiger partial charge in [-0.15, -0.1) is 10.2 Å². The van der Waals surface area contributed by atoms with Gasteiger partial charge in [0.2, 0.25) is 0 Å². The van der Waals surface area contributed by atoms with Crippen molar-refractivity contribution in [2.45, 2.75) is 23.9 Å². The molecule has 0 aliphatic heterocycles. The first-order chi connectivity index (χ1) is 15.0. The van der Waals surface area contributed by atoms with Crippen LogP contribution in [0.25, 0.3) is 11.4 Å². The first kappa shape index (κ1) is 21.2. The van der Waals surface area contributed by atoms with Crippen LogP contribution in [0.4, 0.5) is 0 Å². The van der Waals surface area contributed by atoms with Crippen molar-refractivity contribution in [3.63, 3.8) is 0 Å². The zero-order chi connectivity index (χ0) is 21.8. The Morgan fingerprint density at radius 2 is 2.00 bits per heavy atom. The minimum atomic E-state index is -0.379. The molecule has 8 heteroatoms. The molecule has 2 aromatic carbocycles. The zero-order valence-electron chi connectivity index (χ0n) is 17.0. The molecule has 0 N–H and O–H groups in total. The Hall–Kier alpha value is -3.03. The van der Waals surface area contributed by atoms with Crippen LogP contribution in [0.1, 0.15) is 23.0 Å². The van der Waals surface area contributed by atoms with E-state index < -0.39 is 0 Å². The van der Waals surface area contributed by atoms with E-state index in [1.807, 2.05) is 47.9 Å². The highest BCUT2D eigenvalue weighted by atomic mass is 35.5. The van der Waals surface area contributed by atoms with Gasteiger partial charge in [0.25, 0.3) is 0 Å². The first-order valence-electron chi connectivity index (χ1n) is 9.61. The van der Waals surface area contributed by atoms with E-state index in [-0.39, 0.29) is 11.0 Å². The lowest BCUT2D eigenvalue weighted by atomic mass is 10.1. The molecule has 1 unspecified atom stereocenters. The summed E-state index contributed by atoms with van der Waals surface area (Å²) in [6, 6.07) is 18.3. The second-order valence-electron chi connectivity index (χ2n) is 6.84. The summed E-state index contributed by atoms with van der Waals surface area (Å²) in [5, 5.41) is 9.56. The Kier molecular flexibility index (Phi) is 6.44. The third kappa shape index (κ3) is 4.84. The summed E-state index contributed by atoms with van der Waals surface area (Å²) in [7, 11) is 1.62. The number of benzene rings is 2. The number of ether oxygens (including phenoxy) is 1. The van der Waals surface area contributed by atoms with Gasteiger partial charge in [0, 0.05) is 16.1 Å². The normalized spacial score (nSPS) is 12.0. The third-order valence-electron chi connectivity index (χ3n) is 4.70. The largest absolute Gasteiger partial charge is 0.497 e. The fraction of sp³-hybridized carbons (Fsp3) is 0.174. The number of Topliss-reactive ketones (excluding diaryl/α,β-unsaturated/α-hetero) is 1.